The molecule has 0 spiro atoms. The Balaban J connectivity index is 2.13. The van der Waals surface area contributed by atoms with Crippen LogP contribution in [-0.2, 0) is 23.9 Å². The lowest BCUT2D eigenvalue weighted by Crippen LogP contribution is -2.07. The van der Waals surface area contributed by atoms with Crippen molar-refractivity contribution in [2.45, 2.75) is 19.1 Å². The first-order chi connectivity index (χ1) is 13.8. The zero-order valence-corrected chi connectivity index (χ0v) is 15.6. The highest BCUT2D eigenvalue weighted by Gasteiger charge is 2.35. The molecular formula is C21H19F3N2O3. The van der Waals surface area contributed by atoms with Gasteiger partial charge in [0.25, 0.3) is 0 Å². The predicted octanol–water partition coefficient (Wildman–Crippen LogP) is 3.94. The fourth-order valence-corrected chi connectivity index (χ4v) is 3.05. The number of hydrogen-bond donors (Lipinski definition) is 1. The highest BCUT2D eigenvalue weighted by molar-refractivity contribution is 5.90. The van der Waals surface area contributed by atoms with Crippen molar-refractivity contribution in [1.82, 2.24) is 9.55 Å². The van der Waals surface area contributed by atoms with Crippen LogP contribution >= 0.6 is 0 Å². The number of rotatable bonds is 6. The fourth-order valence-electron chi connectivity index (χ4n) is 3.05. The zero-order chi connectivity index (χ0) is 21.0. The van der Waals surface area contributed by atoms with Crippen LogP contribution in [0.3, 0.4) is 0 Å². The normalized spacial score (nSPS) is 11.5. The topological polar surface area (TPSA) is 64.3 Å². The van der Waals surface area contributed by atoms with Crippen molar-refractivity contribution in [1.29, 1.82) is 0 Å². The number of imidazole rings is 1. The molecule has 5 nitrogen and oxygen atoms in total. The van der Waals surface area contributed by atoms with Crippen molar-refractivity contribution < 1.29 is 27.8 Å². The fraction of sp³-hybridized carbons (Fsp3) is 0.238. The molecule has 1 aromatic heterocycles. The van der Waals surface area contributed by atoms with Crippen molar-refractivity contribution in [3.63, 3.8) is 0 Å². The van der Waals surface area contributed by atoms with Gasteiger partial charge in [-0.2, -0.15) is 13.2 Å². The molecule has 0 aliphatic carbocycles. The van der Waals surface area contributed by atoms with Crippen LogP contribution in [0.2, 0.25) is 0 Å². The standard InChI is InChI=1S/C21H19F3N2O3/c1-29-20(28)16-7-8-17(15(11-16)9-10-27)19-25-18(21(22,23)24)13-26(19)12-14-5-3-2-4-6-14/h2-8,11,13,27H,9-10,12H2,1H3. The average Bonchev–Trinajstić information content (AvgIpc) is 3.12. The van der Waals surface area contributed by atoms with Crippen LogP contribution in [0, 0.1) is 0 Å². The predicted molar refractivity (Wildman–Crippen MR) is 100 cm³/mol. The average molecular weight is 404 g/mol. The summed E-state index contributed by atoms with van der Waals surface area (Å²) in [5.74, 6) is -0.458. The third-order valence-corrected chi connectivity index (χ3v) is 4.41. The molecule has 0 amide bonds. The van der Waals surface area contributed by atoms with Crippen LogP contribution in [0.5, 0.6) is 0 Å². The van der Waals surface area contributed by atoms with Gasteiger partial charge in [-0.15, -0.1) is 0 Å². The van der Waals surface area contributed by atoms with E-state index in [0.29, 0.717) is 11.1 Å². The maximum Gasteiger partial charge on any atom is 0.434 e. The van der Waals surface area contributed by atoms with Gasteiger partial charge in [0.05, 0.1) is 12.7 Å². The molecule has 0 atom stereocenters. The maximum absolute atomic E-state index is 13.3. The Morgan fingerprint density at radius 1 is 1.17 bits per heavy atom. The summed E-state index contributed by atoms with van der Waals surface area (Å²) in [6.45, 7) is -0.0419. The smallest absolute Gasteiger partial charge is 0.434 e. The second-order valence-corrected chi connectivity index (χ2v) is 6.40. The molecule has 0 fully saturated rings. The summed E-state index contributed by atoms with van der Waals surface area (Å²) in [6, 6.07) is 13.6. The SMILES string of the molecule is COC(=O)c1ccc(-c2nc(C(F)(F)F)cn2Cc2ccccc2)c(CCO)c1. The molecule has 0 unspecified atom stereocenters. The van der Waals surface area contributed by atoms with Gasteiger partial charge in [-0.1, -0.05) is 36.4 Å². The Morgan fingerprint density at radius 3 is 2.52 bits per heavy atom. The molecule has 2 aromatic carbocycles. The molecule has 0 bridgehead atoms. The first-order valence-electron chi connectivity index (χ1n) is 8.84. The lowest BCUT2D eigenvalue weighted by molar-refractivity contribution is -0.140. The molecule has 1 heterocycles. The molecule has 152 valence electrons. The summed E-state index contributed by atoms with van der Waals surface area (Å²) in [5, 5.41) is 9.39. The number of halogens is 3. The van der Waals surface area contributed by atoms with Crippen LogP contribution in [-0.4, -0.2) is 34.3 Å². The number of alkyl halides is 3. The number of esters is 1. The lowest BCUT2D eigenvalue weighted by Gasteiger charge is -2.13. The minimum Gasteiger partial charge on any atom is -0.465 e. The van der Waals surface area contributed by atoms with Gasteiger partial charge >= 0.3 is 12.1 Å². The number of aliphatic hydroxyl groups is 1. The molecule has 0 radical (unpaired) electrons. The highest BCUT2D eigenvalue weighted by Crippen LogP contribution is 2.33. The van der Waals surface area contributed by atoms with Crippen LogP contribution in [0.4, 0.5) is 13.2 Å². The third kappa shape index (κ3) is 4.65. The first kappa shape index (κ1) is 20.6. The van der Waals surface area contributed by atoms with Crippen LogP contribution in [0.15, 0.2) is 54.7 Å². The van der Waals surface area contributed by atoms with Crippen LogP contribution in [0.1, 0.15) is 27.2 Å². The van der Waals surface area contributed by atoms with Crippen molar-refractivity contribution >= 4 is 5.97 Å². The van der Waals surface area contributed by atoms with Gasteiger partial charge in [0.1, 0.15) is 5.82 Å². The Bertz CT molecular complexity index is 998. The summed E-state index contributed by atoms with van der Waals surface area (Å²) >= 11 is 0. The Hall–Kier alpha value is -3.13. The number of aliphatic hydroxyl groups excluding tert-OH is 1. The number of methoxy groups -OCH3 is 1. The molecule has 0 saturated carbocycles. The van der Waals surface area contributed by atoms with Gasteiger partial charge in [0.15, 0.2) is 5.69 Å². The minimum absolute atomic E-state index is 0.112. The summed E-state index contributed by atoms with van der Waals surface area (Å²) in [7, 11) is 1.24. The molecule has 3 rings (SSSR count). The molecular weight excluding hydrogens is 385 g/mol. The van der Waals surface area contributed by atoms with E-state index in [9.17, 15) is 23.1 Å². The molecule has 0 aliphatic rings. The van der Waals surface area contributed by atoms with E-state index in [2.05, 4.69) is 4.98 Å². The number of nitrogens with zero attached hydrogens (tertiary/aromatic N) is 2. The monoisotopic (exact) mass is 404 g/mol. The summed E-state index contributed by atoms with van der Waals surface area (Å²) in [5.41, 5.74) is 0.976. The number of hydrogen-bond acceptors (Lipinski definition) is 4. The van der Waals surface area contributed by atoms with Crippen molar-refractivity contribution in [3.8, 4) is 11.4 Å². The van der Waals surface area contributed by atoms with Crippen molar-refractivity contribution in [2.75, 3.05) is 13.7 Å². The van der Waals surface area contributed by atoms with E-state index in [1.54, 1.807) is 12.1 Å². The number of benzene rings is 2. The van der Waals surface area contributed by atoms with E-state index in [-0.39, 0.29) is 31.0 Å². The number of carbonyl (C=O) groups is 1. The highest BCUT2D eigenvalue weighted by atomic mass is 19.4. The first-order valence-corrected chi connectivity index (χ1v) is 8.84. The van der Waals surface area contributed by atoms with Gasteiger partial charge in [0.2, 0.25) is 0 Å². The maximum atomic E-state index is 13.3. The largest absolute Gasteiger partial charge is 0.465 e. The van der Waals surface area contributed by atoms with E-state index in [0.717, 1.165) is 11.8 Å². The number of ether oxygens (including phenoxy) is 1. The second kappa shape index (κ2) is 8.48. The third-order valence-electron chi connectivity index (χ3n) is 4.41. The minimum atomic E-state index is -4.60. The van der Waals surface area contributed by atoms with E-state index in [1.807, 2.05) is 18.2 Å². The summed E-state index contributed by atoms with van der Waals surface area (Å²) < 4.78 is 46.1. The number of aromatic nitrogens is 2. The Morgan fingerprint density at radius 2 is 1.90 bits per heavy atom. The number of carbonyl (C=O) groups excluding carboxylic acids is 1. The Labute approximate surface area is 165 Å². The van der Waals surface area contributed by atoms with Gasteiger partial charge in [-0.25, -0.2) is 9.78 Å². The lowest BCUT2D eigenvalue weighted by atomic mass is 10.0. The van der Waals surface area contributed by atoms with Gasteiger partial charge in [0, 0.05) is 24.9 Å². The van der Waals surface area contributed by atoms with Gasteiger partial charge < -0.3 is 14.4 Å². The van der Waals surface area contributed by atoms with E-state index in [1.165, 1.54) is 29.9 Å². The van der Waals surface area contributed by atoms with Crippen molar-refractivity contribution in [2.24, 2.45) is 0 Å². The van der Waals surface area contributed by atoms with Crippen LogP contribution in [0.25, 0.3) is 11.4 Å². The van der Waals surface area contributed by atoms with Gasteiger partial charge in [-0.05, 0) is 29.7 Å². The molecule has 8 heteroatoms. The van der Waals surface area contributed by atoms with E-state index < -0.39 is 17.8 Å². The van der Waals surface area contributed by atoms with Gasteiger partial charge in [-0.3, -0.25) is 0 Å². The molecule has 3 aromatic rings. The summed E-state index contributed by atoms with van der Waals surface area (Å²) in [4.78, 5) is 15.6. The quantitative estimate of drug-likeness (QED) is 0.632. The zero-order valence-electron chi connectivity index (χ0n) is 15.6. The summed E-state index contributed by atoms with van der Waals surface area (Å²) in [6.07, 6.45) is -3.47. The van der Waals surface area contributed by atoms with E-state index in [4.69, 9.17) is 4.74 Å². The molecule has 1 N–H and O–H groups in total. The van der Waals surface area contributed by atoms with Crippen molar-refractivity contribution in [3.05, 3.63) is 77.1 Å². The molecule has 0 aliphatic heterocycles. The molecule has 29 heavy (non-hydrogen) atoms. The van der Waals surface area contributed by atoms with Crippen LogP contribution < -0.4 is 0 Å². The van der Waals surface area contributed by atoms with E-state index >= 15 is 0 Å². The Kier molecular flexibility index (Phi) is 6.03. The molecule has 0 saturated heterocycles. The second-order valence-electron chi connectivity index (χ2n) is 6.40.